The normalized spacial score (nSPS) is 31.3. The molecular formula is C63H86N4O10. The monoisotopic (exact) mass is 1060 g/mol. The number of H-pyrrole nitrogens is 1. The van der Waals surface area contributed by atoms with Gasteiger partial charge in [0.25, 0.3) is 0 Å². The second-order valence-corrected chi connectivity index (χ2v) is 23.3. The molecule has 3 N–H and O–H groups in total. The number of hydrogen-bond donors (Lipinski definition) is 3. The molecule has 418 valence electrons. The molecule has 1 amide bonds. The number of esters is 3. The SMILES string of the molecule is CCCCC/C=C\C/C=C\CCCCCCCCOC(=O)[C@@]1(O)[C@H](OC(C)=O)[C@]2(CC)C=CCN3CC[C@@]4(c5cc([C@@]6(C(=O)OC)CC7CN(CCc8c6[nH]c6ccccc86)C[C@](O)(CC)C7)c(OC)cc5N(C=O)[C@@H]14)[C@@H]32. The van der Waals surface area contributed by atoms with Gasteiger partial charge in [-0.15, -0.1) is 0 Å². The quantitative estimate of drug-likeness (QED) is 0.0271. The molecule has 3 aromatic rings. The fourth-order valence-corrected chi connectivity index (χ4v) is 15.6. The molecule has 3 fully saturated rings. The molecule has 2 bridgehead atoms. The lowest BCUT2D eigenvalue weighted by atomic mass is 9.47. The van der Waals surface area contributed by atoms with Gasteiger partial charge in [-0.2, -0.15) is 0 Å². The average Bonchev–Trinajstić information content (AvgIpc) is 3.83. The average molecular weight is 1060 g/mol. The third-order valence-corrected chi connectivity index (χ3v) is 18.9. The standard InChI is InChI=1S/C63H86N4O10/c1-7-10-11-12-13-14-15-16-17-18-19-20-21-22-23-26-36-76-58(71)63(73)55-61(32-35-66-33-27-31-60(9-3,54(61)66)56(63)77-44(4)69)48-37-49(52(74-5)38-51(48)67(55)43-68)62(57(70)75-6)40-45-39-59(72,8-2)42-65(41-45)34-30-47-46-28-24-25-29-50(46)64-53(47)62/h13-14,16-17,24-25,27-29,31,37-38,43,45,54-56,64,72-73H,7-12,15,18-23,26,30,32-36,39-42H2,1-6H3/b14-13-,17-16-/t45?,54-,55+,56+,59-,60+,61+,62-,63-/m0/s1. The van der Waals surface area contributed by atoms with Gasteiger partial charge in [0.05, 0.1) is 38.2 Å². The highest BCUT2D eigenvalue weighted by Crippen LogP contribution is 2.68. The summed E-state index contributed by atoms with van der Waals surface area (Å²) in [6.07, 6.45) is 27.6. The highest BCUT2D eigenvalue weighted by molar-refractivity contribution is 5.96. The Morgan fingerprint density at radius 2 is 1.58 bits per heavy atom. The number of nitrogens with one attached hydrogen (secondary N) is 1. The van der Waals surface area contributed by atoms with Gasteiger partial charge in [0.15, 0.2) is 6.10 Å². The lowest BCUT2D eigenvalue weighted by Gasteiger charge is -2.63. The highest BCUT2D eigenvalue weighted by Gasteiger charge is 2.81. The van der Waals surface area contributed by atoms with Crippen LogP contribution in [0.3, 0.4) is 0 Å². The van der Waals surface area contributed by atoms with Crippen molar-refractivity contribution in [2.24, 2.45) is 11.3 Å². The number of anilines is 1. The Kier molecular flexibility index (Phi) is 17.3. The van der Waals surface area contributed by atoms with E-state index in [9.17, 15) is 19.8 Å². The number of benzene rings is 2. The number of ether oxygens (including phenoxy) is 4. The molecule has 2 saturated heterocycles. The number of para-hydroxylation sites is 1. The van der Waals surface area contributed by atoms with Crippen LogP contribution < -0.4 is 9.64 Å². The number of aromatic nitrogens is 1. The number of hydrogen-bond acceptors (Lipinski definition) is 12. The smallest absolute Gasteiger partial charge is 0.344 e. The summed E-state index contributed by atoms with van der Waals surface area (Å²) in [7, 11) is 2.96. The second kappa shape index (κ2) is 23.6. The molecule has 1 saturated carbocycles. The van der Waals surface area contributed by atoms with E-state index in [0.29, 0.717) is 106 Å². The minimum atomic E-state index is -2.56. The van der Waals surface area contributed by atoms with Crippen LogP contribution in [0.25, 0.3) is 10.9 Å². The maximum Gasteiger partial charge on any atom is 0.344 e. The number of carbonyl (C=O) groups is 4. The van der Waals surface area contributed by atoms with Crippen molar-refractivity contribution >= 4 is 40.9 Å². The number of methoxy groups -OCH3 is 2. The Morgan fingerprint density at radius 3 is 2.29 bits per heavy atom. The molecule has 9 rings (SSSR count). The van der Waals surface area contributed by atoms with E-state index in [1.165, 1.54) is 38.2 Å². The van der Waals surface area contributed by atoms with Crippen molar-refractivity contribution in [1.82, 2.24) is 14.8 Å². The lowest BCUT2D eigenvalue weighted by molar-refractivity contribution is -0.230. The van der Waals surface area contributed by atoms with Gasteiger partial charge in [-0.3, -0.25) is 24.2 Å². The van der Waals surface area contributed by atoms with Crippen LogP contribution in [-0.2, 0) is 50.6 Å². The molecule has 2 aromatic carbocycles. The molecule has 6 heterocycles. The number of carbonyl (C=O) groups excluding carboxylic acids is 4. The van der Waals surface area contributed by atoms with E-state index in [4.69, 9.17) is 18.9 Å². The van der Waals surface area contributed by atoms with E-state index in [1.54, 1.807) is 13.2 Å². The Hall–Kier alpha value is -5.28. The van der Waals surface area contributed by atoms with Gasteiger partial charge in [0.1, 0.15) is 11.2 Å². The number of aromatic amines is 1. The lowest BCUT2D eigenvalue weighted by Crippen LogP contribution is -2.81. The van der Waals surface area contributed by atoms with Crippen LogP contribution in [0, 0.1) is 11.3 Å². The molecule has 77 heavy (non-hydrogen) atoms. The summed E-state index contributed by atoms with van der Waals surface area (Å²) in [5.74, 6) is -1.96. The van der Waals surface area contributed by atoms with Crippen molar-refractivity contribution in [2.75, 3.05) is 58.5 Å². The molecule has 10 atom stereocenters. The van der Waals surface area contributed by atoms with Crippen LogP contribution in [0.1, 0.15) is 159 Å². The number of aliphatic hydroxyl groups is 2. The zero-order chi connectivity index (χ0) is 54.6. The van der Waals surface area contributed by atoms with Gasteiger partial charge in [0.2, 0.25) is 12.0 Å². The number of nitrogens with zero attached hydrogens (tertiary/aromatic N) is 3. The number of fused-ring (bicyclic) bond motifs is 6. The van der Waals surface area contributed by atoms with Crippen LogP contribution in [-0.4, -0.2) is 132 Å². The van der Waals surface area contributed by atoms with Crippen molar-refractivity contribution in [3.63, 3.8) is 0 Å². The summed E-state index contributed by atoms with van der Waals surface area (Å²) >= 11 is 0. The molecule has 1 spiro atoms. The van der Waals surface area contributed by atoms with Crippen molar-refractivity contribution in [3.8, 4) is 5.75 Å². The first-order chi connectivity index (χ1) is 37.3. The summed E-state index contributed by atoms with van der Waals surface area (Å²) in [4.78, 5) is 68.4. The maximum absolute atomic E-state index is 15.6. The van der Waals surface area contributed by atoms with Crippen molar-refractivity contribution < 1.29 is 48.3 Å². The third-order valence-electron chi connectivity index (χ3n) is 18.9. The molecule has 0 radical (unpaired) electrons. The minimum Gasteiger partial charge on any atom is -0.496 e. The fourth-order valence-electron chi connectivity index (χ4n) is 15.6. The minimum absolute atomic E-state index is 0.0408. The Morgan fingerprint density at radius 1 is 0.844 bits per heavy atom. The topological polar surface area (TPSA) is 171 Å². The second-order valence-electron chi connectivity index (χ2n) is 23.3. The fraction of sp³-hybridized carbons (Fsp3) is 0.619. The van der Waals surface area contributed by atoms with E-state index in [0.717, 1.165) is 67.8 Å². The predicted molar refractivity (Wildman–Crippen MR) is 299 cm³/mol. The van der Waals surface area contributed by atoms with Crippen LogP contribution >= 0.6 is 0 Å². The predicted octanol–water partition coefficient (Wildman–Crippen LogP) is 9.70. The zero-order valence-electron chi connectivity index (χ0n) is 46.8. The highest BCUT2D eigenvalue weighted by atomic mass is 16.6. The van der Waals surface area contributed by atoms with E-state index in [-0.39, 0.29) is 18.9 Å². The number of amides is 1. The zero-order valence-corrected chi connectivity index (χ0v) is 46.8. The van der Waals surface area contributed by atoms with E-state index in [1.807, 2.05) is 50.3 Å². The van der Waals surface area contributed by atoms with Crippen LogP contribution in [0.2, 0.25) is 0 Å². The van der Waals surface area contributed by atoms with Crippen LogP contribution in [0.15, 0.2) is 72.9 Å². The summed E-state index contributed by atoms with van der Waals surface area (Å²) in [5, 5.41) is 27.0. The first-order valence-electron chi connectivity index (χ1n) is 29.1. The van der Waals surface area contributed by atoms with Gasteiger partial charge in [-0.05, 0) is 113 Å². The number of unbranched alkanes of at least 4 members (excludes halogenated alkanes) is 9. The molecule has 5 aliphatic heterocycles. The summed E-state index contributed by atoms with van der Waals surface area (Å²) in [6, 6.07) is 10.1. The van der Waals surface area contributed by atoms with E-state index in [2.05, 4.69) is 52.1 Å². The Labute approximate surface area is 456 Å². The molecule has 14 nitrogen and oxygen atoms in total. The molecule has 6 aliphatic rings. The first-order valence-corrected chi connectivity index (χ1v) is 29.1. The third kappa shape index (κ3) is 9.89. The van der Waals surface area contributed by atoms with Gasteiger partial charge in [-0.25, -0.2) is 4.79 Å². The largest absolute Gasteiger partial charge is 0.496 e. The van der Waals surface area contributed by atoms with Crippen molar-refractivity contribution in [2.45, 2.75) is 183 Å². The van der Waals surface area contributed by atoms with Crippen LogP contribution in [0.4, 0.5) is 5.69 Å². The molecule has 2 unspecified atom stereocenters. The summed E-state index contributed by atoms with van der Waals surface area (Å²) in [5.41, 5.74) is -3.18. The van der Waals surface area contributed by atoms with Crippen molar-refractivity contribution in [3.05, 3.63) is 95.2 Å². The van der Waals surface area contributed by atoms with Crippen LogP contribution in [0.5, 0.6) is 5.75 Å². The number of rotatable bonds is 23. The molecule has 1 aromatic heterocycles. The Balaban J connectivity index is 1.09. The van der Waals surface area contributed by atoms with E-state index < -0.39 is 63.5 Å². The molecule has 1 aliphatic carbocycles. The Bertz CT molecular complexity index is 2720. The van der Waals surface area contributed by atoms with Gasteiger partial charge >= 0.3 is 17.9 Å². The maximum atomic E-state index is 15.6. The van der Waals surface area contributed by atoms with Crippen molar-refractivity contribution in [1.29, 1.82) is 0 Å². The first kappa shape index (κ1) is 56.4. The molecular weight excluding hydrogens is 973 g/mol. The van der Waals surface area contributed by atoms with Gasteiger partial charge < -0.3 is 39.0 Å². The number of piperidine rings is 1. The summed E-state index contributed by atoms with van der Waals surface area (Å²) < 4.78 is 24.9. The molecule has 14 heteroatoms. The van der Waals surface area contributed by atoms with Gasteiger partial charge in [-0.1, -0.05) is 114 Å². The number of allylic oxidation sites excluding steroid dienone is 4. The summed E-state index contributed by atoms with van der Waals surface area (Å²) in [6.45, 7) is 10.5. The van der Waals surface area contributed by atoms with E-state index >= 15 is 9.59 Å². The van der Waals surface area contributed by atoms with Gasteiger partial charge in [0, 0.05) is 78.2 Å².